The van der Waals surface area contributed by atoms with Crippen LogP contribution in [0.5, 0.6) is 0 Å². The molecule has 8 rings (SSSR count). The summed E-state index contributed by atoms with van der Waals surface area (Å²) in [5, 5.41) is 15.3. The van der Waals surface area contributed by atoms with Crippen LogP contribution in [0.25, 0.3) is 0 Å². The van der Waals surface area contributed by atoms with Crippen LogP contribution in [0, 0.1) is 11.6 Å². The summed E-state index contributed by atoms with van der Waals surface area (Å²) in [4.78, 5) is 44.1. The van der Waals surface area contributed by atoms with Crippen LogP contribution in [0.2, 0.25) is 15.3 Å². The topological polar surface area (TPSA) is 178 Å². The second-order valence-corrected chi connectivity index (χ2v) is 18.8. The van der Waals surface area contributed by atoms with Gasteiger partial charge in [-0.3, -0.25) is 19.4 Å². The van der Waals surface area contributed by atoms with E-state index in [1.54, 1.807) is 50.5 Å². The number of hydrogen-bond donors (Lipinski definition) is 6. The summed E-state index contributed by atoms with van der Waals surface area (Å²) < 4.78 is 28.2. The minimum Gasteiger partial charge on any atom is -0.399 e. The SMILES string of the molecule is CC1(C)C[C@H](Nc2nc(Cl)ncc2F)C[C@@H]2CCCN21.CNC(=O)c1ccc(N)cc1Cl.CNC(=O)c1ccc(Nc2ncc(F)c(N[C@@H]3C[C@@H]4CCCN4C(C)(C)C3)n2)cc1Cl. The number of nitrogen functional groups attached to an aromatic ring is 1. The number of amides is 2. The quantitative estimate of drug-likeness (QED) is 0.0734. The van der Waals surface area contributed by atoms with E-state index in [4.69, 9.17) is 40.5 Å². The van der Waals surface area contributed by atoms with E-state index >= 15 is 0 Å². The summed E-state index contributed by atoms with van der Waals surface area (Å²) in [6, 6.07) is 11.2. The zero-order chi connectivity index (χ0) is 45.6. The molecule has 6 heterocycles. The van der Waals surface area contributed by atoms with Crippen molar-refractivity contribution in [3.05, 3.63) is 86.9 Å². The van der Waals surface area contributed by atoms with Crippen LogP contribution in [0.3, 0.4) is 0 Å². The van der Waals surface area contributed by atoms with Crippen molar-refractivity contribution in [3.63, 3.8) is 0 Å². The van der Waals surface area contributed by atoms with Gasteiger partial charge in [-0.1, -0.05) is 23.2 Å². The van der Waals surface area contributed by atoms with Crippen molar-refractivity contribution in [1.29, 1.82) is 0 Å². The Bertz CT molecular complexity index is 2270. The number of nitrogens with zero attached hydrogens (tertiary/aromatic N) is 6. The Morgan fingerprint density at radius 2 is 1.22 bits per heavy atom. The maximum Gasteiger partial charge on any atom is 0.252 e. The minimum atomic E-state index is -0.481. The normalized spacial score (nSPS) is 22.2. The van der Waals surface area contributed by atoms with Crippen LogP contribution in [-0.2, 0) is 0 Å². The molecule has 4 saturated heterocycles. The summed E-state index contributed by atoms with van der Waals surface area (Å²) in [7, 11) is 3.10. The monoisotopic (exact) mass is 928 g/mol. The molecule has 0 bridgehead atoms. The maximum atomic E-state index is 14.5. The average molecular weight is 930 g/mol. The molecule has 340 valence electrons. The molecule has 4 aliphatic heterocycles. The molecule has 0 unspecified atom stereocenters. The first-order chi connectivity index (χ1) is 29.9. The van der Waals surface area contributed by atoms with Gasteiger partial charge in [0.25, 0.3) is 11.8 Å². The molecule has 7 N–H and O–H groups in total. The summed E-state index contributed by atoms with van der Waals surface area (Å²) in [6.07, 6.45) is 11.1. The Kier molecular flexibility index (Phi) is 15.6. The van der Waals surface area contributed by atoms with Gasteiger partial charge in [0, 0.05) is 60.7 Å². The number of piperidine rings is 2. The van der Waals surface area contributed by atoms with E-state index in [0.717, 1.165) is 44.6 Å². The Morgan fingerprint density at radius 3 is 1.73 bits per heavy atom. The molecule has 4 aromatic rings. The highest BCUT2D eigenvalue weighted by Crippen LogP contribution is 2.40. The second kappa shape index (κ2) is 20.5. The van der Waals surface area contributed by atoms with Gasteiger partial charge < -0.3 is 32.3 Å². The van der Waals surface area contributed by atoms with Gasteiger partial charge in [0.1, 0.15) is 0 Å². The van der Waals surface area contributed by atoms with E-state index in [1.807, 2.05) is 0 Å². The summed E-state index contributed by atoms with van der Waals surface area (Å²) >= 11 is 17.7. The Hall–Kier alpha value is -4.61. The first kappa shape index (κ1) is 47.9. The van der Waals surface area contributed by atoms with Crippen LogP contribution < -0.4 is 32.3 Å². The molecule has 0 radical (unpaired) electrons. The molecule has 2 aromatic heterocycles. The molecule has 0 aliphatic carbocycles. The van der Waals surface area contributed by atoms with Crippen LogP contribution in [0.1, 0.15) is 99.8 Å². The number of nitrogens with two attached hydrogens (primary N) is 1. The lowest BCUT2D eigenvalue weighted by atomic mass is 9.84. The van der Waals surface area contributed by atoms with Gasteiger partial charge in [-0.2, -0.15) is 9.97 Å². The predicted molar refractivity (Wildman–Crippen MR) is 247 cm³/mol. The van der Waals surface area contributed by atoms with Gasteiger partial charge in [-0.05, 0) is 140 Å². The standard InChI is InChI=1S/C22H28ClFN6O.C14H20ClFN4.C8H9ClN2O/c1-22(2)11-14(9-15-5-4-8-30(15)22)27-19-18(24)12-26-21(29-19)28-13-6-7-16(17(23)10-13)20(31)25-3;1-14(2)7-9(6-10-4-3-5-20(10)14)18-12-11(16)8-17-13(15)19-12;1-11-8(12)6-3-2-5(10)4-7(6)9/h6-7,10,12,14-15H,4-5,8-9,11H2,1-3H3,(H,25,31)(H2,26,27,28,29);8-10H,3-7H2,1-2H3,(H,17,18,19);2-4H,10H2,1H3,(H,11,12)/t14-,15+;9-,10+;/m11./s1. The van der Waals surface area contributed by atoms with E-state index < -0.39 is 11.6 Å². The van der Waals surface area contributed by atoms with Gasteiger partial charge in [-0.25, -0.2) is 18.7 Å². The van der Waals surface area contributed by atoms with Gasteiger partial charge in [0.05, 0.1) is 33.6 Å². The Labute approximate surface area is 382 Å². The fourth-order valence-corrected chi connectivity index (χ4v) is 10.2. The van der Waals surface area contributed by atoms with Crippen molar-refractivity contribution in [2.75, 3.05) is 48.9 Å². The van der Waals surface area contributed by atoms with Crippen molar-refractivity contribution in [1.82, 2.24) is 40.4 Å². The number of halogens is 5. The van der Waals surface area contributed by atoms with E-state index in [-0.39, 0.29) is 57.8 Å². The molecule has 0 spiro atoms. The highest BCUT2D eigenvalue weighted by atomic mass is 35.5. The zero-order valence-electron chi connectivity index (χ0n) is 36.5. The molecule has 4 atom stereocenters. The van der Waals surface area contributed by atoms with Crippen LogP contribution >= 0.6 is 34.8 Å². The molecule has 63 heavy (non-hydrogen) atoms. The first-order valence-corrected chi connectivity index (χ1v) is 22.3. The number of hydrogen-bond acceptors (Lipinski definition) is 12. The molecular weight excluding hydrogens is 873 g/mol. The number of rotatable bonds is 8. The molecule has 14 nitrogen and oxygen atoms in total. The first-order valence-electron chi connectivity index (χ1n) is 21.2. The molecule has 2 amide bonds. The second-order valence-electron chi connectivity index (χ2n) is 17.6. The van der Waals surface area contributed by atoms with Crippen LogP contribution in [-0.4, -0.2) is 104 Å². The summed E-state index contributed by atoms with van der Waals surface area (Å²) in [5.41, 5.74) is 7.64. The third-order valence-electron chi connectivity index (χ3n) is 12.2. The molecular formula is C44H57Cl3F2N12O2. The molecule has 2 aromatic carbocycles. The molecule has 19 heteroatoms. The molecule has 4 fully saturated rings. The Balaban J connectivity index is 0.000000176. The Morgan fingerprint density at radius 1 is 0.730 bits per heavy atom. The van der Waals surface area contributed by atoms with Gasteiger partial charge in [0.15, 0.2) is 23.3 Å². The number of aromatic nitrogens is 4. The number of carbonyl (C=O) groups excluding carboxylic acids is 2. The van der Waals surface area contributed by atoms with Gasteiger partial charge in [0.2, 0.25) is 11.2 Å². The number of carbonyl (C=O) groups is 2. The van der Waals surface area contributed by atoms with Crippen LogP contribution in [0.15, 0.2) is 48.8 Å². The maximum absolute atomic E-state index is 14.5. The van der Waals surface area contributed by atoms with E-state index in [0.29, 0.717) is 44.6 Å². The number of benzene rings is 2. The van der Waals surface area contributed by atoms with Crippen molar-refractivity contribution in [2.24, 2.45) is 0 Å². The average Bonchev–Trinajstić information content (AvgIpc) is 3.92. The minimum absolute atomic E-state index is 0.0744. The number of nitrogens with one attached hydrogen (secondary N) is 5. The molecule has 0 saturated carbocycles. The summed E-state index contributed by atoms with van der Waals surface area (Å²) in [5.74, 6) is -0.733. The van der Waals surface area contributed by atoms with E-state index in [1.165, 1.54) is 32.2 Å². The fourth-order valence-electron chi connectivity index (χ4n) is 9.49. The zero-order valence-corrected chi connectivity index (χ0v) is 38.7. The smallest absolute Gasteiger partial charge is 0.252 e. The van der Waals surface area contributed by atoms with Crippen LogP contribution in [0.4, 0.5) is 37.7 Å². The highest BCUT2D eigenvalue weighted by Gasteiger charge is 2.44. The highest BCUT2D eigenvalue weighted by molar-refractivity contribution is 6.34. The van der Waals surface area contributed by atoms with E-state index in [9.17, 15) is 18.4 Å². The van der Waals surface area contributed by atoms with Crippen molar-refractivity contribution in [2.45, 2.75) is 114 Å². The van der Waals surface area contributed by atoms with Crippen molar-refractivity contribution < 1.29 is 18.4 Å². The summed E-state index contributed by atoms with van der Waals surface area (Å²) in [6.45, 7) is 11.4. The fraction of sp³-hybridized carbons (Fsp3) is 0.500. The number of fused-ring (bicyclic) bond motifs is 2. The lowest BCUT2D eigenvalue weighted by Gasteiger charge is -2.47. The van der Waals surface area contributed by atoms with Gasteiger partial charge in [-0.15, -0.1) is 0 Å². The lowest BCUT2D eigenvalue weighted by Crippen LogP contribution is -2.55. The lowest BCUT2D eigenvalue weighted by molar-refractivity contribution is 0.0498. The van der Waals surface area contributed by atoms with Crippen molar-refractivity contribution in [3.8, 4) is 0 Å². The number of anilines is 5. The third kappa shape index (κ3) is 11.9. The largest absolute Gasteiger partial charge is 0.399 e. The van der Waals surface area contributed by atoms with E-state index in [2.05, 4.69) is 84.0 Å². The van der Waals surface area contributed by atoms with Gasteiger partial charge >= 0.3 is 0 Å². The third-order valence-corrected chi connectivity index (χ3v) is 13.0. The predicted octanol–water partition coefficient (Wildman–Crippen LogP) is 8.56. The van der Waals surface area contributed by atoms with Crippen molar-refractivity contribution >= 4 is 75.6 Å². The molecule has 4 aliphatic rings.